The molecule has 230 valence electrons. The minimum atomic E-state index is -4.30. The second-order valence-corrected chi connectivity index (χ2v) is 12.7. The summed E-state index contributed by atoms with van der Waals surface area (Å²) in [6.07, 6.45) is 0.799. The van der Waals surface area contributed by atoms with Gasteiger partial charge in [0, 0.05) is 25.1 Å². The highest BCUT2D eigenvalue weighted by Crippen LogP contribution is 2.31. The molecule has 7 nitrogen and oxygen atoms in total. The number of nitrogens with zero attached hydrogens (tertiary/aromatic N) is 2. The van der Waals surface area contributed by atoms with Gasteiger partial charge in [-0.1, -0.05) is 96.9 Å². The Balaban J connectivity index is 1.81. The van der Waals surface area contributed by atoms with Crippen molar-refractivity contribution in [3.05, 3.63) is 131 Å². The van der Waals surface area contributed by atoms with Gasteiger partial charge >= 0.3 is 0 Å². The fourth-order valence-corrected chi connectivity index (χ4v) is 6.46. The van der Waals surface area contributed by atoms with Gasteiger partial charge in [-0.25, -0.2) is 12.8 Å². The summed E-state index contributed by atoms with van der Waals surface area (Å²) >= 11 is 6.48. The summed E-state index contributed by atoms with van der Waals surface area (Å²) < 4.78 is 44.0. The summed E-state index contributed by atoms with van der Waals surface area (Å²) in [4.78, 5) is 29.2. The van der Waals surface area contributed by atoms with Gasteiger partial charge in [-0.15, -0.1) is 0 Å². The van der Waals surface area contributed by atoms with Crippen LogP contribution in [0.1, 0.15) is 30.0 Å². The molecule has 0 saturated carbocycles. The second-order valence-electron chi connectivity index (χ2n) is 10.4. The normalized spacial score (nSPS) is 11.9. The molecule has 0 spiro atoms. The number of anilines is 1. The van der Waals surface area contributed by atoms with Crippen LogP contribution in [0, 0.1) is 12.7 Å². The fourth-order valence-electron chi connectivity index (χ4n) is 4.73. The van der Waals surface area contributed by atoms with Crippen LogP contribution in [0.5, 0.6) is 0 Å². The third-order valence-corrected chi connectivity index (χ3v) is 9.22. The molecule has 4 rings (SSSR count). The Morgan fingerprint density at radius 1 is 0.886 bits per heavy atom. The lowest BCUT2D eigenvalue weighted by Gasteiger charge is -2.34. The van der Waals surface area contributed by atoms with Crippen LogP contribution in [0.15, 0.2) is 108 Å². The van der Waals surface area contributed by atoms with E-state index in [0.717, 1.165) is 15.4 Å². The third kappa shape index (κ3) is 8.03. The van der Waals surface area contributed by atoms with Crippen molar-refractivity contribution in [1.29, 1.82) is 0 Å². The van der Waals surface area contributed by atoms with Gasteiger partial charge in [0.1, 0.15) is 18.4 Å². The van der Waals surface area contributed by atoms with Crippen LogP contribution in [0.4, 0.5) is 10.1 Å². The summed E-state index contributed by atoms with van der Waals surface area (Å²) in [5, 5.41) is 2.99. The van der Waals surface area contributed by atoms with Crippen molar-refractivity contribution in [2.24, 2.45) is 0 Å². The summed E-state index contributed by atoms with van der Waals surface area (Å²) in [7, 11) is -4.30. The number of rotatable bonds is 13. The second kappa shape index (κ2) is 15.0. The topological polar surface area (TPSA) is 86.8 Å². The van der Waals surface area contributed by atoms with Crippen LogP contribution < -0.4 is 9.62 Å². The number of halogens is 2. The van der Waals surface area contributed by atoms with Crippen LogP contribution in [-0.2, 0) is 32.6 Å². The molecule has 44 heavy (non-hydrogen) atoms. The summed E-state index contributed by atoms with van der Waals surface area (Å²) in [5.41, 5.74) is 1.94. The summed E-state index contributed by atoms with van der Waals surface area (Å²) in [6.45, 7) is 3.18. The number of hydrogen-bond donors (Lipinski definition) is 1. The van der Waals surface area contributed by atoms with Gasteiger partial charge in [-0.05, 0) is 49.2 Å². The number of sulfonamides is 1. The maximum Gasteiger partial charge on any atom is 0.264 e. The van der Waals surface area contributed by atoms with Gasteiger partial charge < -0.3 is 10.2 Å². The van der Waals surface area contributed by atoms with Crippen molar-refractivity contribution in [2.45, 2.75) is 44.2 Å². The number of carbonyl (C=O) groups is 2. The number of nitrogens with one attached hydrogen (secondary N) is 1. The number of aryl methyl sites for hydroxylation is 1. The monoisotopic (exact) mass is 635 g/mol. The van der Waals surface area contributed by atoms with Gasteiger partial charge in [0.25, 0.3) is 10.0 Å². The largest absolute Gasteiger partial charge is 0.354 e. The zero-order chi connectivity index (χ0) is 31.7. The number of para-hydroxylation sites is 1. The molecule has 0 bridgehead atoms. The standard InChI is InChI=1S/C34H35ClFN3O4S/c1-3-21-37-34(41)32(22-26-11-5-4-6-12-26)38(23-27-13-7-9-15-30(27)36)33(40)24-39(31-16-10-8-14-29(31)35)44(42,43)28-19-17-25(2)18-20-28/h4-20,32H,3,21-24H2,1-2H3,(H,37,41). The molecule has 0 aliphatic rings. The molecule has 0 aliphatic carbocycles. The highest BCUT2D eigenvalue weighted by atomic mass is 35.5. The fraction of sp³-hybridized carbons (Fsp3) is 0.235. The first-order chi connectivity index (χ1) is 21.1. The molecule has 0 aliphatic heterocycles. The van der Waals surface area contributed by atoms with Crippen LogP contribution in [-0.4, -0.2) is 44.3 Å². The van der Waals surface area contributed by atoms with E-state index in [1.807, 2.05) is 44.2 Å². The summed E-state index contributed by atoms with van der Waals surface area (Å²) in [5.74, 6) is -1.67. The molecular formula is C34H35ClFN3O4S. The van der Waals surface area contributed by atoms with Crippen molar-refractivity contribution in [3.63, 3.8) is 0 Å². The molecule has 4 aromatic rings. The van der Waals surface area contributed by atoms with Gasteiger partial charge in [-0.3, -0.25) is 13.9 Å². The predicted molar refractivity (Wildman–Crippen MR) is 171 cm³/mol. The van der Waals surface area contributed by atoms with Crippen molar-refractivity contribution in [3.8, 4) is 0 Å². The minimum Gasteiger partial charge on any atom is -0.354 e. The lowest BCUT2D eigenvalue weighted by atomic mass is 10.0. The van der Waals surface area contributed by atoms with E-state index in [9.17, 15) is 22.4 Å². The lowest BCUT2D eigenvalue weighted by Crippen LogP contribution is -2.53. The SMILES string of the molecule is CCCNC(=O)C(Cc1ccccc1)N(Cc1ccccc1F)C(=O)CN(c1ccccc1Cl)S(=O)(=O)c1ccc(C)cc1. The molecule has 0 heterocycles. The summed E-state index contributed by atoms with van der Waals surface area (Å²) in [6, 6.07) is 26.7. The zero-order valence-electron chi connectivity index (χ0n) is 24.6. The molecule has 1 unspecified atom stereocenters. The van der Waals surface area contributed by atoms with Crippen LogP contribution in [0.3, 0.4) is 0 Å². The Morgan fingerprint density at radius 3 is 2.18 bits per heavy atom. The number of benzene rings is 4. The van der Waals surface area contributed by atoms with Gasteiger partial charge in [-0.2, -0.15) is 0 Å². The van der Waals surface area contributed by atoms with Gasteiger partial charge in [0.2, 0.25) is 11.8 Å². The number of hydrogen-bond acceptors (Lipinski definition) is 4. The molecule has 0 aromatic heterocycles. The first kappa shape index (κ1) is 32.7. The number of amides is 2. The molecular weight excluding hydrogens is 601 g/mol. The average Bonchev–Trinajstić information content (AvgIpc) is 3.02. The maximum atomic E-state index is 15.0. The first-order valence-electron chi connectivity index (χ1n) is 14.3. The smallest absolute Gasteiger partial charge is 0.264 e. The van der Waals surface area contributed by atoms with Crippen molar-refractivity contribution < 1.29 is 22.4 Å². The molecule has 4 aromatic carbocycles. The first-order valence-corrected chi connectivity index (χ1v) is 16.1. The highest BCUT2D eigenvalue weighted by molar-refractivity contribution is 7.92. The van der Waals surface area contributed by atoms with E-state index in [1.165, 1.54) is 47.4 Å². The Labute approximate surface area is 263 Å². The Morgan fingerprint density at radius 2 is 1.52 bits per heavy atom. The molecule has 2 amide bonds. The van der Waals surface area contributed by atoms with E-state index < -0.39 is 40.2 Å². The Bertz CT molecular complexity index is 1680. The lowest BCUT2D eigenvalue weighted by molar-refractivity contribution is -0.140. The van der Waals surface area contributed by atoms with E-state index >= 15 is 0 Å². The average molecular weight is 636 g/mol. The third-order valence-electron chi connectivity index (χ3n) is 7.13. The molecule has 0 fully saturated rings. The molecule has 1 N–H and O–H groups in total. The van der Waals surface area contributed by atoms with Crippen molar-refractivity contribution >= 4 is 39.1 Å². The van der Waals surface area contributed by atoms with Crippen molar-refractivity contribution in [2.75, 3.05) is 17.4 Å². The predicted octanol–water partition coefficient (Wildman–Crippen LogP) is 6.15. The molecule has 0 radical (unpaired) electrons. The van der Waals surface area contributed by atoms with E-state index in [4.69, 9.17) is 11.6 Å². The number of carbonyl (C=O) groups excluding carboxylic acids is 2. The molecule has 0 saturated heterocycles. The quantitative estimate of drug-likeness (QED) is 0.191. The van der Waals surface area contributed by atoms with Crippen LogP contribution in [0.2, 0.25) is 5.02 Å². The van der Waals surface area contributed by atoms with Gasteiger partial charge in [0.15, 0.2) is 0 Å². The van der Waals surface area contributed by atoms with Gasteiger partial charge in [0.05, 0.1) is 15.6 Å². The van der Waals surface area contributed by atoms with E-state index in [2.05, 4.69) is 5.32 Å². The maximum absolute atomic E-state index is 15.0. The highest BCUT2D eigenvalue weighted by Gasteiger charge is 2.35. The molecule has 10 heteroatoms. The van der Waals surface area contributed by atoms with E-state index in [-0.39, 0.29) is 34.1 Å². The van der Waals surface area contributed by atoms with E-state index in [0.29, 0.717) is 13.0 Å². The van der Waals surface area contributed by atoms with Crippen molar-refractivity contribution in [1.82, 2.24) is 10.2 Å². The Hall–Kier alpha value is -4.21. The Kier molecular flexibility index (Phi) is 11.1. The minimum absolute atomic E-state index is 0.0296. The van der Waals surface area contributed by atoms with Crippen LogP contribution in [0.25, 0.3) is 0 Å². The zero-order valence-corrected chi connectivity index (χ0v) is 26.2. The van der Waals surface area contributed by atoms with Crippen LogP contribution >= 0.6 is 11.6 Å². The molecule has 1 atom stereocenters. The van der Waals surface area contributed by atoms with E-state index in [1.54, 1.807) is 30.3 Å².